The van der Waals surface area contributed by atoms with E-state index in [0.717, 1.165) is 29.5 Å². The van der Waals surface area contributed by atoms with Gasteiger partial charge in [-0.25, -0.2) is 0 Å². The molecule has 3 rings (SSSR count). The van der Waals surface area contributed by atoms with Crippen LogP contribution in [0.4, 0.5) is 0 Å². The van der Waals surface area contributed by atoms with Crippen molar-refractivity contribution in [2.45, 2.75) is 32.7 Å². The Kier molecular flexibility index (Phi) is 5.71. The van der Waals surface area contributed by atoms with Gasteiger partial charge in [0.2, 0.25) is 0 Å². The lowest BCUT2D eigenvalue weighted by molar-refractivity contribution is 0.0937. The highest BCUT2D eigenvalue weighted by atomic mass is 35.5. The lowest BCUT2D eigenvalue weighted by Crippen LogP contribution is -2.37. The Balaban J connectivity index is 1.73. The Morgan fingerprint density at radius 1 is 1.16 bits per heavy atom. The van der Waals surface area contributed by atoms with Crippen LogP contribution < -0.4 is 5.32 Å². The van der Waals surface area contributed by atoms with Gasteiger partial charge < -0.3 is 5.32 Å². The number of carbonyl (C=O) groups is 1. The summed E-state index contributed by atoms with van der Waals surface area (Å²) in [6.07, 6.45) is 2.41. The van der Waals surface area contributed by atoms with Crippen LogP contribution in [-0.4, -0.2) is 35.4 Å². The van der Waals surface area contributed by atoms with Crippen LogP contribution in [0.25, 0.3) is 0 Å². The summed E-state index contributed by atoms with van der Waals surface area (Å²) in [5.41, 5.74) is 3.51. The van der Waals surface area contributed by atoms with E-state index in [0.29, 0.717) is 12.1 Å². The standard InChI is InChI=1S/C20H24ClN3O/c1-14-5-10-18(15(2)23-14)20(25)22-13-19(24-11-3-4-12-24)16-6-8-17(21)9-7-16/h5-10,19H,3-4,11-13H2,1-2H3,(H,22,25). The van der Waals surface area contributed by atoms with Crippen LogP contribution in [0.2, 0.25) is 5.02 Å². The van der Waals surface area contributed by atoms with Crippen molar-refractivity contribution in [1.29, 1.82) is 0 Å². The van der Waals surface area contributed by atoms with Gasteiger partial charge in [-0.15, -0.1) is 0 Å². The Bertz CT molecular complexity index is 739. The van der Waals surface area contributed by atoms with Gasteiger partial charge in [-0.3, -0.25) is 14.7 Å². The molecular weight excluding hydrogens is 334 g/mol. The SMILES string of the molecule is Cc1ccc(C(=O)NCC(c2ccc(Cl)cc2)N2CCCC2)c(C)n1. The second-order valence-corrected chi connectivity index (χ2v) is 7.04. The molecule has 1 aromatic heterocycles. The maximum Gasteiger partial charge on any atom is 0.253 e. The molecule has 0 saturated carbocycles. The number of carbonyl (C=O) groups excluding carboxylic acids is 1. The van der Waals surface area contributed by atoms with Gasteiger partial charge in [-0.1, -0.05) is 23.7 Å². The highest BCUT2D eigenvalue weighted by molar-refractivity contribution is 6.30. The summed E-state index contributed by atoms with van der Waals surface area (Å²) in [5, 5.41) is 3.83. The molecule has 2 aromatic rings. The predicted molar refractivity (Wildman–Crippen MR) is 101 cm³/mol. The zero-order valence-electron chi connectivity index (χ0n) is 14.8. The number of benzene rings is 1. The minimum Gasteiger partial charge on any atom is -0.350 e. The van der Waals surface area contributed by atoms with Gasteiger partial charge >= 0.3 is 0 Å². The zero-order chi connectivity index (χ0) is 17.8. The van der Waals surface area contributed by atoms with E-state index in [1.807, 2.05) is 38.1 Å². The first-order valence-corrected chi connectivity index (χ1v) is 9.14. The first-order chi connectivity index (χ1) is 12.0. The quantitative estimate of drug-likeness (QED) is 0.882. The van der Waals surface area contributed by atoms with E-state index in [-0.39, 0.29) is 11.9 Å². The van der Waals surface area contributed by atoms with Gasteiger partial charge in [0.25, 0.3) is 5.91 Å². The lowest BCUT2D eigenvalue weighted by Gasteiger charge is -2.28. The van der Waals surface area contributed by atoms with Gasteiger partial charge in [-0.05, 0) is 69.6 Å². The summed E-state index contributed by atoms with van der Waals surface area (Å²) in [6, 6.07) is 11.8. The molecule has 1 aliphatic rings. The molecule has 1 unspecified atom stereocenters. The molecule has 0 spiro atoms. The van der Waals surface area contributed by atoms with E-state index in [1.54, 1.807) is 0 Å². The Morgan fingerprint density at radius 2 is 1.84 bits per heavy atom. The van der Waals surface area contributed by atoms with Crippen LogP contribution in [0, 0.1) is 13.8 Å². The number of amides is 1. The van der Waals surface area contributed by atoms with Crippen molar-refractivity contribution in [3.05, 3.63) is 63.9 Å². The smallest absolute Gasteiger partial charge is 0.253 e. The fraction of sp³-hybridized carbons (Fsp3) is 0.400. The highest BCUT2D eigenvalue weighted by Gasteiger charge is 2.24. The number of halogens is 1. The fourth-order valence-corrected chi connectivity index (χ4v) is 3.53. The number of likely N-dealkylation sites (tertiary alicyclic amines) is 1. The normalized spacial score (nSPS) is 16.0. The molecule has 1 aliphatic heterocycles. The van der Waals surface area contributed by atoms with Crippen LogP contribution in [-0.2, 0) is 0 Å². The van der Waals surface area contributed by atoms with Gasteiger partial charge in [0, 0.05) is 17.3 Å². The number of rotatable bonds is 5. The molecule has 4 nitrogen and oxygen atoms in total. The second-order valence-electron chi connectivity index (χ2n) is 6.61. The Morgan fingerprint density at radius 3 is 2.48 bits per heavy atom. The molecule has 1 aromatic carbocycles. The third-order valence-electron chi connectivity index (χ3n) is 4.76. The summed E-state index contributed by atoms with van der Waals surface area (Å²) in [4.78, 5) is 19.4. The molecule has 1 N–H and O–H groups in total. The molecule has 1 atom stereocenters. The highest BCUT2D eigenvalue weighted by Crippen LogP contribution is 2.26. The van der Waals surface area contributed by atoms with Gasteiger partial charge in [-0.2, -0.15) is 0 Å². The van der Waals surface area contributed by atoms with Crippen molar-refractivity contribution < 1.29 is 4.79 Å². The first-order valence-electron chi connectivity index (χ1n) is 8.76. The van der Waals surface area contributed by atoms with Crippen molar-refractivity contribution in [2.75, 3.05) is 19.6 Å². The molecule has 0 bridgehead atoms. The third-order valence-corrected chi connectivity index (χ3v) is 5.01. The summed E-state index contributed by atoms with van der Waals surface area (Å²) < 4.78 is 0. The van der Waals surface area contributed by atoms with E-state index in [2.05, 4.69) is 27.3 Å². The van der Waals surface area contributed by atoms with Gasteiger partial charge in [0.05, 0.1) is 17.3 Å². The van der Waals surface area contributed by atoms with Crippen LogP contribution in [0.15, 0.2) is 36.4 Å². The molecule has 25 heavy (non-hydrogen) atoms. The molecule has 132 valence electrons. The molecule has 0 aliphatic carbocycles. The van der Waals surface area contributed by atoms with Crippen LogP contribution in [0.1, 0.15) is 46.2 Å². The number of aromatic nitrogens is 1. The monoisotopic (exact) mass is 357 g/mol. The van der Waals surface area contributed by atoms with E-state index in [4.69, 9.17) is 11.6 Å². The van der Waals surface area contributed by atoms with Crippen LogP contribution in [0.3, 0.4) is 0 Å². The zero-order valence-corrected chi connectivity index (χ0v) is 15.5. The number of pyridine rings is 1. The average Bonchev–Trinajstić information content (AvgIpc) is 3.10. The molecule has 1 amide bonds. The van der Waals surface area contributed by atoms with E-state index >= 15 is 0 Å². The minimum absolute atomic E-state index is 0.0665. The maximum atomic E-state index is 12.6. The molecule has 1 saturated heterocycles. The number of nitrogens with one attached hydrogen (secondary N) is 1. The van der Waals surface area contributed by atoms with Crippen molar-refractivity contribution in [3.8, 4) is 0 Å². The predicted octanol–water partition coefficient (Wildman–Crippen LogP) is 3.92. The van der Waals surface area contributed by atoms with E-state index in [1.165, 1.54) is 18.4 Å². The maximum absolute atomic E-state index is 12.6. The van der Waals surface area contributed by atoms with Crippen molar-refractivity contribution in [2.24, 2.45) is 0 Å². The van der Waals surface area contributed by atoms with Gasteiger partial charge in [0.15, 0.2) is 0 Å². The van der Waals surface area contributed by atoms with Crippen molar-refractivity contribution in [1.82, 2.24) is 15.2 Å². The van der Waals surface area contributed by atoms with Crippen molar-refractivity contribution >= 4 is 17.5 Å². The number of hydrogen-bond donors (Lipinski definition) is 1. The minimum atomic E-state index is -0.0665. The fourth-order valence-electron chi connectivity index (χ4n) is 3.41. The third kappa shape index (κ3) is 4.39. The summed E-state index contributed by atoms with van der Waals surface area (Å²) >= 11 is 6.02. The average molecular weight is 358 g/mol. The number of hydrogen-bond acceptors (Lipinski definition) is 3. The Labute approximate surface area is 154 Å². The van der Waals surface area contributed by atoms with E-state index < -0.39 is 0 Å². The Hall–Kier alpha value is -1.91. The van der Waals surface area contributed by atoms with Crippen LogP contribution in [0.5, 0.6) is 0 Å². The summed E-state index contributed by atoms with van der Waals surface area (Å²) in [5.74, 6) is -0.0665. The summed E-state index contributed by atoms with van der Waals surface area (Å²) in [6.45, 7) is 6.51. The second kappa shape index (κ2) is 7.98. The van der Waals surface area contributed by atoms with Crippen LogP contribution >= 0.6 is 11.6 Å². The van der Waals surface area contributed by atoms with E-state index in [9.17, 15) is 4.79 Å². The number of aryl methyl sites for hydroxylation is 2. The largest absolute Gasteiger partial charge is 0.350 e. The summed E-state index contributed by atoms with van der Waals surface area (Å²) in [7, 11) is 0. The number of nitrogens with zero attached hydrogens (tertiary/aromatic N) is 2. The molecule has 0 radical (unpaired) electrons. The molecular formula is C20H24ClN3O. The van der Waals surface area contributed by atoms with Gasteiger partial charge in [0.1, 0.15) is 0 Å². The molecule has 5 heteroatoms. The molecule has 2 heterocycles. The first kappa shape index (κ1) is 17.9. The van der Waals surface area contributed by atoms with Crippen molar-refractivity contribution in [3.63, 3.8) is 0 Å². The molecule has 1 fully saturated rings. The topological polar surface area (TPSA) is 45.2 Å². The lowest BCUT2D eigenvalue weighted by atomic mass is 10.1.